The van der Waals surface area contributed by atoms with Gasteiger partial charge < -0.3 is 24.8 Å². The molecule has 29 heavy (non-hydrogen) atoms. The van der Waals surface area contributed by atoms with Crippen molar-refractivity contribution in [1.82, 2.24) is 5.32 Å². The van der Waals surface area contributed by atoms with E-state index in [0.29, 0.717) is 24.0 Å². The maximum atomic E-state index is 12.8. The van der Waals surface area contributed by atoms with E-state index in [1.807, 2.05) is 20.8 Å². The van der Waals surface area contributed by atoms with E-state index in [1.54, 1.807) is 0 Å². The number of ether oxygens (including phenoxy) is 3. The van der Waals surface area contributed by atoms with E-state index in [0.717, 1.165) is 6.42 Å². The minimum Gasteiger partial charge on any atom is -0.493 e. The molecule has 3 unspecified atom stereocenters. The predicted molar refractivity (Wildman–Crippen MR) is 108 cm³/mol. The molecule has 1 aromatic rings. The van der Waals surface area contributed by atoms with Crippen LogP contribution in [-0.4, -0.2) is 44.7 Å². The Hall–Kier alpha value is -2.77. The monoisotopic (exact) mass is 406 g/mol. The summed E-state index contributed by atoms with van der Waals surface area (Å²) < 4.78 is 15.9. The summed E-state index contributed by atoms with van der Waals surface area (Å²) in [5.74, 6) is -0.0916. The SMILES string of the molecule is COc1cc(NC(=O)C2CC2C)c(C(=O)OC(C)C(=O)NCC(C)C)cc1OC. The predicted octanol–water partition coefficient (Wildman–Crippen LogP) is 2.62. The number of hydrogen-bond acceptors (Lipinski definition) is 6. The Kier molecular flexibility index (Phi) is 7.47. The average Bonchev–Trinajstić information content (AvgIpc) is 3.42. The highest BCUT2D eigenvalue weighted by molar-refractivity contribution is 6.04. The second-order valence-corrected chi connectivity index (χ2v) is 7.75. The highest BCUT2D eigenvalue weighted by Gasteiger charge is 2.39. The first-order valence-corrected chi connectivity index (χ1v) is 9.73. The van der Waals surface area contributed by atoms with Crippen molar-refractivity contribution in [1.29, 1.82) is 0 Å². The van der Waals surface area contributed by atoms with Crippen molar-refractivity contribution in [2.75, 3.05) is 26.1 Å². The Morgan fingerprint density at radius 3 is 2.21 bits per heavy atom. The van der Waals surface area contributed by atoms with Gasteiger partial charge in [-0.05, 0) is 25.2 Å². The first kappa shape index (κ1) is 22.5. The number of rotatable bonds is 9. The highest BCUT2D eigenvalue weighted by atomic mass is 16.5. The lowest BCUT2D eigenvalue weighted by molar-refractivity contribution is -0.129. The molecule has 3 atom stereocenters. The summed E-state index contributed by atoms with van der Waals surface area (Å²) in [4.78, 5) is 37.3. The van der Waals surface area contributed by atoms with Crippen LogP contribution in [0.4, 0.5) is 5.69 Å². The summed E-state index contributed by atoms with van der Waals surface area (Å²) in [6.07, 6.45) is -0.173. The van der Waals surface area contributed by atoms with Gasteiger partial charge in [0.15, 0.2) is 17.6 Å². The third-order valence-corrected chi connectivity index (χ3v) is 4.79. The minimum absolute atomic E-state index is 0.0762. The fourth-order valence-corrected chi connectivity index (χ4v) is 2.79. The maximum Gasteiger partial charge on any atom is 0.341 e. The molecule has 0 aromatic heterocycles. The first-order valence-electron chi connectivity index (χ1n) is 9.73. The Bertz CT molecular complexity index is 777. The number of nitrogens with one attached hydrogen (secondary N) is 2. The number of hydrogen-bond donors (Lipinski definition) is 2. The summed E-state index contributed by atoms with van der Waals surface area (Å²) in [6.45, 7) is 7.91. The third-order valence-electron chi connectivity index (χ3n) is 4.79. The Morgan fingerprint density at radius 2 is 1.69 bits per heavy atom. The smallest absolute Gasteiger partial charge is 0.341 e. The van der Waals surface area contributed by atoms with Gasteiger partial charge in [-0.2, -0.15) is 0 Å². The van der Waals surface area contributed by atoms with Crippen LogP contribution in [0, 0.1) is 17.8 Å². The second kappa shape index (κ2) is 9.62. The van der Waals surface area contributed by atoms with Gasteiger partial charge in [-0.15, -0.1) is 0 Å². The molecular weight excluding hydrogens is 376 g/mol. The van der Waals surface area contributed by atoms with Crippen molar-refractivity contribution in [2.45, 2.75) is 40.2 Å². The van der Waals surface area contributed by atoms with Gasteiger partial charge in [0.05, 0.1) is 25.5 Å². The highest BCUT2D eigenvalue weighted by Crippen LogP contribution is 2.40. The van der Waals surface area contributed by atoms with Crippen molar-refractivity contribution >= 4 is 23.5 Å². The molecule has 0 bridgehead atoms. The molecule has 2 rings (SSSR count). The Labute approximate surface area is 171 Å². The van der Waals surface area contributed by atoms with Crippen LogP contribution in [0.1, 0.15) is 44.5 Å². The standard InChI is InChI=1S/C21H30N2O6/c1-11(2)10-22-19(24)13(4)29-21(26)15-8-17(27-5)18(28-6)9-16(15)23-20(25)14-7-12(14)3/h8-9,11-14H,7,10H2,1-6H3,(H,22,24)(H,23,25). The normalized spacial score (nSPS) is 18.6. The molecule has 1 aromatic carbocycles. The fraction of sp³-hybridized carbons (Fsp3) is 0.571. The molecule has 0 saturated heterocycles. The van der Waals surface area contributed by atoms with Gasteiger partial charge in [0.25, 0.3) is 5.91 Å². The van der Waals surface area contributed by atoms with Gasteiger partial charge >= 0.3 is 5.97 Å². The van der Waals surface area contributed by atoms with E-state index in [1.165, 1.54) is 33.3 Å². The average molecular weight is 406 g/mol. The van der Waals surface area contributed by atoms with Crippen LogP contribution in [0.2, 0.25) is 0 Å². The van der Waals surface area contributed by atoms with Crippen molar-refractivity contribution in [3.8, 4) is 11.5 Å². The van der Waals surface area contributed by atoms with Crippen LogP contribution in [0.3, 0.4) is 0 Å². The van der Waals surface area contributed by atoms with Crippen molar-refractivity contribution < 1.29 is 28.6 Å². The quantitative estimate of drug-likeness (QED) is 0.611. The molecule has 1 fully saturated rings. The van der Waals surface area contributed by atoms with Crippen LogP contribution in [0.15, 0.2) is 12.1 Å². The largest absolute Gasteiger partial charge is 0.493 e. The van der Waals surface area contributed by atoms with Gasteiger partial charge in [-0.25, -0.2) is 4.79 Å². The summed E-state index contributed by atoms with van der Waals surface area (Å²) in [5.41, 5.74) is 0.347. The molecule has 8 nitrogen and oxygen atoms in total. The molecule has 2 N–H and O–H groups in total. The number of esters is 1. The van der Waals surface area contributed by atoms with E-state index in [9.17, 15) is 14.4 Å². The number of amides is 2. The molecule has 1 saturated carbocycles. The molecule has 1 aliphatic rings. The maximum absolute atomic E-state index is 12.8. The van der Waals surface area contributed by atoms with E-state index < -0.39 is 12.1 Å². The van der Waals surface area contributed by atoms with E-state index in [-0.39, 0.29) is 34.9 Å². The number of carbonyl (C=O) groups is 3. The Morgan fingerprint density at radius 1 is 1.10 bits per heavy atom. The van der Waals surface area contributed by atoms with Gasteiger partial charge in [0.2, 0.25) is 5.91 Å². The van der Waals surface area contributed by atoms with Gasteiger partial charge in [-0.1, -0.05) is 20.8 Å². The summed E-state index contributed by atoms with van der Waals surface area (Å²) in [6, 6.07) is 2.95. The second-order valence-electron chi connectivity index (χ2n) is 7.75. The van der Waals surface area contributed by atoms with Gasteiger partial charge in [0, 0.05) is 24.6 Å². The number of anilines is 1. The molecule has 0 radical (unpaired) electrons. The zero-order valence-corrected chi connectivity index (χ0v) is 17.8. The van der Waals surface area contributed by atoms with Crippen LogP contribution >= 0.6 is 0 Å². The number of methoxy groups -OCH3 is 2. The number of benzene rings is 1. The van der Waals surface area contributed by atoms with E-state index in [4.69, 9.17) is 14.2 Å². The summed E-state index contributed by atoms with van der Waals surface area (Å²) in [7, 11) is 2.91. The fourth-order valence-electron chi connectivity index (χ4n) is 2.79. The Balaban J connectivity index is 2.22. The molecule has 0 spiro atoms. The van der Waals surface area contributed by atoms with Crippen LogP contribution in [-0.2, 0) is 14.3 Å². The molecule has 8 heteroatoms. The summed E-state index contributed by atoms with van der Waals surface area (Å²) in [5, 5.41) is 5.50. The third kappa shape index (κ3) is 5.85. The lowest BCUT2D eigenvalue weighted by Crippen LogP contribution is -2.37. The number of carbonyl (C=O) groups excluding carboxylic acids is 3. The van der Waals surface area contributed by atoms with Crippen molar-refractivity contribution in [3.63, 3.8) is 0 Å². The molecule has 160 valence electrons. The van der Waals surface area contributed by atoms with Crippen molar-refractivity contribution in [2.24, 2.45) is 17.8 Å². The van der Waals surface area contributed by atoms with Gasteiger partial charge in [-0.3, -0.25) is 9.59 Å². The lowest BCUT2D eigenvalue weighted by Gasteiger charge is -2.18. The molecular formula is C21H30N2O6. The van der Waals surface area contributed by atoms with Gasteiger partial charge in [0.1, 0.15) is 0 Å². The molecule has 2 amide bonds. The van der Waals surface area contributed by atoms with E-state index >= 15 is 0 Å². The lowest BCUT2D eigenvalue weighted by atomic mass is 10.1. The van der Waals surface area contributed by atoms with E-state index in [2.05, 4.69) is 10.6 Å². The van der Waals surface area contributed by atoms with Crippen molar-refractivity contribution in [3.05, 3.63) is 17.7 Å². The first-order chi connectivity index (χ1) is 13.7. The molecule has 1 aliphatic carbocycles. The zero-order valence-electron chi connectivity index (χ0n) is 17.8. The van der Waals surface area contributed by atoms with Crippen LogP contribution < -0.4 is 20.1 Å². The molecule has 0 heterocycles. The van der Waals surface area contributed by atoms with Crippen LogP contribution in [0.5, 0.6) is 11.5 Å². The van der Waals surface area contributed by atoms with Crippen LogP contribution in [0.25, 0.3) is 0 Å². The summed E-state index contributed by atoms with van der Waals surface area (Å²) >= 11 is 0. The molecule has 0 aliphatic heterocycles. The topological polar surface area (TPSA) is 103 Å². The minimum atomic E-state index is -0.985. The zero-order chi connectivity index (χ0) is 21.7.